The van der Waals surface area contributed by atoms with Crippen LogP contribution in [0.15, 0.2) is 56.8 Å². The van der Waals surface area contributed by atoms with Gasteiger partial charge in [0, 0.05) is 6.92 Å². The lowest BCUT2D eigenvalue weighted by molar-refractivity contribution is 0.485. The number of nitrogens with zero attached hydrogens (tertiary/aromatic N) is 4. The lowest BCUT2D eigenvalue weighted by Gasteiger charge is -2.15. The third-order valence-electron chi connectivity index (χ3n) is 4.45. The number of aromatic nitrogens is 4. The number of hydrogen-bond acceptors (Lipinski definition) is 6. The first kappa shape index (κ1) is 17.5. The van der Waals surface area contributed by atoms with Gasteiger partial charge >= 0.3 is 0 Å². The summed E-state index contributed by atoms with van der Waals surface area (Å²) in [4.78, 5) is 18.0. The maximum atomic E-state index is 13.3. The van der Waals surface area contributed by atoms with Crippen LogP contribution in [-0.2, 0) is 5.75 Å². The van der Waals surface area contributed by atoms with E-state index in [9.17, 15) is 4.79 Å². The fraction of sp³-hybridized carbons (Fsp3) is 0.200. The number of benzene rings is 2. The minimum atomic E-state index is -0.0847. The van der Waals surface area contributed by atoms with Crippen LogP contribution in [0.25, 0.3) is 16.6 Å². The zero-order chi connectivity index (χ0) is 19.0. The van der Waals surface area contributed by atoms with Crippen LogP contribution in [0, 0.1) is 20.8 Å². The van der Waals surface area contributed by atoms with E-state index in [1.54, 1.807) is 11.5 Å². The molecular weight excluding hydrogens is 360 g/mol. The quantitative estimate of drug-likeness (QED) is 0.395. The number of rotatable bonds is 4. The summed E-state index contributed by atoms with van der Waals surface area (Å²) >= 11 is 1.41. The molecule has 0 bridgehead atoms. The van der Waals surface area contributed by atoms with Crippen molar-refractivity contribution in [1.82, 2.24) is 19.7 Å². The zero-order valence-corrected chi connectivity index (χ0v) is 16.1. The van der Waals surface area contributed by atoms with E-state index in [0.717, 1.165) is 16.8 Å². The summed E-state index contributed by atoms with van der Waals surface area (Å²) in [6.07, 6.45) is 0. The molecule has 0 unspecified atom stereocenters. The van der Waals surface area contributed by atoms with Crippen LogP contribution in [-0.4, -0.2) is 19.7 Å². The van der Waals surface area contributed by atoms with E-state index in [1.807, 2.05) is 56.3 Å². The summed E-state index contributed by atoms with van der Waals surface area (Å²) in [6.45, 7) is 5.80. The SMILES string of the molecule is Cc1nnc(CSc2nc3ccccc3c(=O)n2-c2cccc(C)c2C)o1. The maximum absolute atomic E-state index is 13.3. The fourth-order valence-electron chi connectivity index (χ4n) is 2.92. The van der Waals surface area contributed by atoms with Gasteiger partial charge < -0.3 is 4.42 Å². The van der Waals surface area contributed by atoms with Crippen molar-refractivity contribution in [2.75, 3.05) is 0 Å². The lowest BCUT2D eigenvalue weighted by Crippen LogP contribution is -2.22. The summed E-state index contributed by atoms with van der Waals surface area (Å²) in [6, 6.07) is 13.3. The fourth-order valence-corrected chi connectivity index (χ4v) is 3.76. The van der Waals surface area contributed by atoms with Crippen LogP contribution in [0.3, 0.4) is 0 Å². The molecule has 7 heteroatoms. The summed E-state index contributed by atoms with van der Waals surface area (Å²) in [5.74, 6) is 1.47. The molecule has 0 aliphatic rings. The van der Waals surface area contributed by atoms with Crippen LogP contribution in [0.1, 0.15) is 22.9 Å². The molecule has 2 aromatic carbocycles. The van der Waals surface area contributed by atoms with Gasteiger partial charge in [0.25, 0.3) is 5.56 Å². The highest BCUT2D eigenvalue weighted by atomic mass is 32.2. The smallest absolute Gasteiger partial charge is 0.266 e. The average molecular weight is 378 g/mol. The standard InChI is InChI=1S/C20H18N4O2S/c1-12-7-6-10-17(13(12)2)24-19(25)15-8-4-5-9-16(15)21-20(24)27-11-18-23-22-14(3)26-18/h4-10H,11H2,1-3H3. The highest BCUT2D eigenvalue weighted by Crippen LogP contribution is 2.26. The third kappa shape index (κ3) is 3.26. The molecule has 0 N–H and O–H groups in total. The second-order valence-corrected chi connectivity index (χ2v) is 7.22. The van der Waals surface area contributed by atoms with Crippen molar-refractivity contribution in [3.8, 4) is 5.69 Å². The van der Waals surface area contributed by atoms with Gasteiger partial charge in [-0.15, -0.1) is 10.2 Å². The molecule has 0 aliphatic carbocycles. The lowest BCUT2D eigenvalue weighted by atomic mass is 10.1. The molecule has 27 heavy (non-hydrogen) atoms. The molecule has 0 saturated carbocycles. The molecule has 0 atom stereocenters. The third-order valence-corrected chi connectivity index (χ3v) is 5.38. The summed E-state index contributed by atoms with van der Waals surface area (Å²) in [7, 11) is 0. The Kier molecular flexibility index (Phi) is 4.53. The molecule has 4 aromatic rings. The number of para-hydroxylation sites is 1. The Hall–Kier alpha value is -2.93. The molecule has 0 fully saturated rings. The second kappa shape index (κ2) is 7.00. The van der Waals surface area contributed by atoms with Gasteiger partial charge in [0.1, 0.15) is 0 Å². The molecule has 0 radical (unpaired) electrons. The molecule has 2 heterocycles. The second-order valence-electron chi connectivity index (χ2n) is 6.27. The largest absolute Gasteiger partial charge is 0.425 e. The minimum absolute atomic E-state index is 0.0847. The first-order valence-corrected chi connectivity index (χ1v) is 9.53. The van der Waals surface area contributed by atoms with Gasteiger partial charge in [0.05, 0.1) is 22.3 Å². The van der Waals surface area contributed by atoms with E-state index < -0.39 is 0 Å². The van der Waals surface area contributed by atoms with Crippen LogP contribution in [0.5, 0.6) is 0 Å². The average Bonchev–Trinajstić information content (AvgIpc) is 3.08. The predicted molar refractivity (Wildman–Crippen MR) is 105 cm³/mol. The molecule has 0 spiro atoms. The van der Waals surface area contributed by atoms with Crippen molar-refractivity contribution in [2.24, 2.45) is 0 Å². The number of hydrogen-bond donors (Lipinski definition) is 0. The highest BCUT2D eigenvalue weighted by molar-refractivity contribution is 7.98. The Morgan fingerprint density at radius 3 is 2.63 bits per heavy atom. The highest BCUT2D eigenvalue weighted by Gasteiger charge is 2.16. The van der Waals surface area contributed by atoms with Crippen molar-refractivity contribution in [2.45, 2.75) is 31.7 Å². The van der Waals surface area contributed by atoms with Crippen LogP contribution >= 0.6 is 11.8 Å². The van der Waals surface area contributed by atoms with Gasteiger partial charge in [-0.2, -0.15) is 0 Å². The number of thioether (sulfide) groups is 1. The topological polar surface area (TPSA) is 73.8 Å². The molecule has 136 valence electrons. The van der Waals surface area contributed by atoms with Gasteiger partial charge in [-0.25, -0.2) is 4.98 Å². The van der Waals surface area contributed by atoms with Crippen LogP contribution in [0.2, 0.25) is 0 Å². The summed E-state index contributed by atoms with van der Waals surface area (Å²) in [5, 5.41) is 9.07. The number of fused-ring (bicyclic) bond motifs is 1. The van der Waals surface area contributed by atoms with Crippen molar-refractivity contribution >= 4 is 22.7 Å². The van der Waals surface area contributed by atoms with Gasteiger partial charge in [-0.05, 0) is 43.2 Å². The molecule has 4 rings (SSSR count). The first-order valence-electron chi connectivity index (χ1n) is 8.55. The zero-order valence-electron chi connectivity index (χ0n) is 15.3. The van der Waals surface area contributed by atoms with Gasteiger partial charge in [-0.1, -0.05) is 36.0 Å². The minimum Gasteiger partial charge on any atom is -0.425 e. The molecule has 2 aromatic heterocycles. The monoisotopic (exact) mass is 378 g/mol. The van der Waals surface area contributed by atoms with Gasteiger partial charge in [0.2, 0.25) is 11.8 Å². The van der Waals surface area contributed by atoms with E-state index in [1.165, 1.54) is 11.8 Å². The van der Waals surface area contributed by atoms with Crippen molar-refractivity contribution in [3.05, 3.63) is 75.7 Å². The molecular formula is C20H18N4O2S. The van der Waals surface area contributed by atoms with Gasteiger partial charge in [-0.3, -0.25) is 9.36 Å². The van der Waals surface area contributed by atoms with Crippen molar-refractivity contribution in [1.29, 1.82) is 0 Å². The van der Waals surface area contributed by atoms with Gasteiger partial charge in [0.15, 0.2) is 5.16 Å². The Morgan fingerprint density at radius 2 is 1.85 bits per heavy atom. The van der Waals surface area contributed by atoms with E-state index in [0.29, 0.717) is 33.6 Å². The molecule has 0 amide bonds. The van der Waals surface area contributed by atoms with Crippen molar-refractivity contribution < 1.29 is 4.42 Å². The first-order chi connectivity index (χ1) is 13.0. The Labute approximate surface area is 160 Å². The Balaban J connectivity index is 1.90. The predicted octanol–water partition coefficient (Wildman–Crippen LogP) is 3.99. The van der Waals surface area contributed by atoms with E-state index in [2.05, 4.69) is 10.2 Å². The maximum Gasteiger partial charge on any atom is 0.266 e. The Morgan fingerprint density at radius 1 is 1.04 bits per heavy atom. The molecule has 0 aliphatic heterocycles. The summed E-state index contributed by atoms with van der Waals surface area (Å²) in [5.41, 5.74) is 3.59. The Bertz CT molecular complexity index is 1200. The van der Waals surface area contributed by atoms with E-state index in [-0.39, 0.29) is 5.56 Å². The summed E-state index contributed by atoms with van der Waals surface area (Å²) < 4.78 is 7.13. The molecule has 6 nitrogen and oxygen atoms in total. The van der Waals surface area contributed by atoms with E-state index >= 15 is 0 Å². The van der Waals surface area contributed by atoms with E-state index in [4.69, 9.17) is 9.40 Å². The normalized spacial score (nSPS) is 11.2. The van der Waals surface area contributed by atoms with Crippen LogP contribution < -0.4 is 5.56 Å². The van der Waals surface area contributed by atoms with Crippen molar-refractivity contribution in [3.63, 3.8) is 0 Å². The molecule has 0 saturated heterocycles. The number of aryl methyl sites for hydroxylation is 2. The van der Waals surface area contributed by atoms with Crippen LogP contribution in [0.4, 0.5) is 0 Å².